The minimum Gasteiger partial charge on any atom is -0.463 e. The number of halogens is 1. The van der Waals surface area contributed by atoms with Gasteiger partial charge in [-0.1, -0.05) is 30.3 Å². The van der Waals surface area contributed by atoms with Crippen LogP contribution in [0.15, 0.2) is 81.4 Å². The van der Waals surface area contributed by atoms with Crippen LogP contribution in [-0.2, 0) is 26.5 Å². The Hall–Kier alpha value is -3.81. The average Bonchev–Trinajstić information content (AvgIpc) is 3.24. The van der Waals surface area contributed by atoms with E-state index in [4.69, 9.17) is 9.15 Å². The largest absolute Gasteiger partial charge is 0.463 e. The van der Waals surface area contributed by atoms with Gasteiger partial charge in [-0.05, 0) is 42.0 Å². The van der Waals surface area contributed by atoms with E-state index in [1.54, 1.807) is 0 Å². The van der Waals surface area contributed by atoms with Crippen LogP contribution in [0.5, 0.6) is 0 Å². The van der Waals surface area contributed by atoms with Gasteiger partial charge in [-0.15, -0.1) is 5.11 Å². The van der Waals surface area contributed by atoms with E-state index in [9.17, 15) is 14.0 Å². The number of hydrogen-bond acceptors (Lipinski definition) is 7. The van der Waals surface area contributed by atoms with E-state index in [0.717, 1.165) is 5.56 Å². The summed E-state index contributed by atoms with van der Waals surface area (Å²) in [4.78, 5) is 23.8. The maximum absolute atomic E-state index is 13.5. The zero-order valence-electron chi connectivity index (χ0n) is 16.4. The SMILES string of the molecule is COC(=O)c1ccc(C(N=NCc2ccccc2)(OC(C)=O)c2ccc(F)cc2)o1. The van der Waals surface area contributed by atoms with E-state index in [-0.39, 0.29) is 18.1 Å². The minimum atomic E-state index is -1.85. The highest BCUT2D eigenvalue weighted by Crippen LogP contribution is 2.37. The van der Waals surface area contributed by atoms with Gasteiger partial charge in [0.1, 0.15) is 5.82 Å². The molecular formula is C22H19FN2O5. The van der Waals surface area contributed by atoms with Crippen LogP contribution in [0, 0.1) is 5.82 Å². The molecule has 30 heavy (non-hydrogen) atoms. The number of benzene rings is 2. The Balaban J connectivity index is 2.10. The number of esters is 2. The summed E-state index contributed by atoms with van der Waals surface area (Å²) in [5.74, 6) is -1.95. The van der Waals surface area contributed by atoms with Crippen LogP contribution in [0.3, 0.4) is 0 Å². The van der Waals surface area contributed by atoms with Crippen LogP contribution < -0.4 is 0 Å². The van der Waals surface area contributed by atoms with Gasteiger partial charge in [0, 0.05) is 12.5 Å². The maximum atomic E-state index is 13.5. The summed E-state index contributed by atoms with van der Waals surface area (Å²) in [7, 11) is 1.21. The fraction of sp³-hybridized carbons (Fsp3) is 0.182. The molecule has 0 spiro atoms. The summed E-state index contributed by atoms with van der Waals surface area (Å²) in [6.45, 7) is 1.41. The van der Waals surface area contributed by atoms with Crippen LogP contribution in [0.25, 0.3) is 0 Å². The zero-order valence-corrected chi connectivity index (χ0v) is 16.4. The molecule has 1 aromatic heterocycles. The van der Waals surface area contributed by atoms with Gasteiger partial charge in [0.05, 0.1) is 13.7 Å². The monoisotopic (exact) mass is 410 g/mol. The summed E-state index contributed by atoms with van der Waals surface area (Å²) in [6.07, 6.45) is 0. The standard InChI is InChI=1S/C22H19FN2O5/c1-15(26)30-22(17-8-10-18(23)11-9-17,20-13-12-19(29-20)21(27)28-2)25-24-14-16-6-4-3-5-7-16/h3-13H,14H2,1-2H3. The highest BCUT2D eigenvalue weighted by atomic mass is 19.1. The first kappa shape index (κ1) is 20.9. The van der Waals surface area contributed by atoms with E-state index in [2.05, 4.69) is 15.0 Å². The van der Waals surface area contributed by atoms with Crippen molar-refractivity contribution in [2.75, 3.05) is 7.11 Å². The first-order chi connectivity index (χ1) is 14.4. The molecule has 0 saturated heterocycles. The van der Waals surface area contributed by atoms with Gasteiger partial charge in [0.15, 0.2) is 5.76 Å². The number of rotatable bonds is 7. The van der Waals surface area contributed by atoms with Gasteiger partial charge in [-0.3, -0.25) is 4.79 Å². The average molecular weight is 410 g/mol. The van der Waals surface area contributed by atoms with Crippen molar-refractivity contribution in [3.8, 4) is 0 Å². The number of ether oxygens (including phenoxy) is 2. The van der Waals surface area contributed by atoms with Gasteiger partial charge in [0.2, 0.25) is 5.76 Å². The van der Waals surface area contributed by atoms with Crippen molar-refractivity contribution < 1.29 is 27.9 Å². The predicted molar refractivity (Wildman–Crippen MR) is 104 cm³/mol. The van der Waals surface area contributed by atoms with Crippen LogP contribution in [-0.4, -0.2) is 19.0 Å². The molecule has 154 valence electrons. The highest BCUT2D eigenvalue weighted by molar-refractivity contribution is 5.86. The first-order valence-corrected chi connectivity index (χ1v) is 9.01. The third kappa shape index (κ3) is 4.60. The molecule has 8 heteroatoms. The molecule has 1 atom stereocenters. The summed E-state index contributed by atoms with van der Waals surface area (Å²) >= 11 is 0. The van der Waals surface area contributed by atoms with Gasteiger partial charge >= 0.3 is 17.7 Å². The molecule has 7 nitrogen and oxygen atoms in total. The van der Waals surface area contributed by atoms with E-state index < -0.39 is 23.5 Å². The van der Waals surface area contributed by atoms with Crippen molar-refractivity contribution in [1.29, 1.82) is 0 Å². The number of azo groups is 1. The van der Waals surface area contributed by atoms with Crippen molar-refractivity contribution in [1.82, 2.24) is 0 Å². The Kier molecular flexibility index (Phi) is 6.36. The molecule has 0 saturated carbocycles. The van der Waals surface area contributed by atoms with E-state index in [0.29, 0.717) is 5.56 Å². The zero-order chi connectivity index (χ0) is 21.6. The van der Waals surface area contributed by atoms with Crippen molar-refractivity contribution in [3.63, 3.8) is 0 Å². The quantitative estimate of drug-likeness (QED) is 0.419. The van der Waals surface area contributed by atoms with Crippen LogP contribution >= 0.6 is 0 Å². The Morgan fingerprint density at radius 2 is 1.73 bits per heavy atom. The van der Waals surface area contributed by atoms with Gasteiger partial charge in [-0.25, -0.2) is 9.18 Å². The van der Waals surface area contributed by atoms with Gasteiger partial charge in [-0.2, -0.15) is 5.11 Å². The topological polar surface area (TPSA) is 90.5 Å². The van der Waals surface area contributed by atoms with Crippen molar-refractivity contribution in [3.05, 3.63) is 95.2 Å². The summed E-state index contributed by atoms with van der Waals surface area (Å²) in [5.41, 5.74) is -0.672. The molecule has 2 aromatic carbocycles. The molecule has 0 fully saturated rings. The molecule has 0 aliphatic carbocycles. The van der Waals surface area contributed by atoms with Crippen LogP contribution in [0.4, 0.5) is 4.39 Å². The first-order valence-electron chi connectivity index (χ1n) is 9.01. The molecule has 1 heterocycles. The number of methoxy groups -OCH3 is 1. The van der Waals surface area contributed by atoms with E-state index >= 15 is 0 Å². The molecule has 0 bridgehead atoms. The molecule has 0 amide bonds. The highest BCUT2D eigenvalue weighted by Gasteiger charge is 2.42. The molecule has 1 unspecified atom stereocenters. The molecule has 0 aliphatic heterocycles. The summed E-state index contributed by atoms with van der Waals surface area (Å²) in [5, 5.41) is 8.47. The van der Waals surface area contributed by atoms with Crippen LogP contribution in [0.1, 0.15) is 34.4 Å². The third-order valence-electron chi connectivity index (χ3n) is 4.16. The Labute approximate surface area is 172 Å². The van der Waals surface area contributed by atoms with Gasteiger partial charge in [0.25, 0.3) is 0 Å². The predicted octanol–water partition coefficient (Wildman–Crippen LogP) is 4.62. The fourth-order valence-electron chi connectivity index (χ4n) is 2.79. The normalized spacial score (nSPS) is 13.0. The maximum Gasteiger partial charge on any atom is 0.373 e. The van der Waals surface area contributed by atoms with Crippen molar-refractivity contribution >= 4 is 11.9 Å². The molecule has 0 radical (unpaired) electrons. The molecule has 0 N–H and O–H groups in total. The summed E-state index contributed by atoms with van der Waals surface area (Å²) < 4.78 is 29.3. The number of furan rings is 1. The number of carbonyl (C=O) groups is 2. The summed E-state index contributed by atoms with van der Waals surface area (Å²) in [6, 6.07) is 17.3. The van der Waals surface area contributed by atoms with Crippen molar-refractivity contribution in [2.24, 2.45) is 10.2 Å². The Bertz CT molecular complexity index is 1050. The Morgan fingerprint density at radius 1 is 1.03 bits per heavy atom. The molecule has 0 aliphatic rings. The lowest BCUT2D eigenvalue weighted by Gasteiger charge is -2.26. The third-order valence-corrected chi connectivity index (χ3v) is 4.16. The second-order valence-corrected chi connectivity index (χ2v) is 6.29. The second-order valence-electron chi connectivity index (χ2n) is 6.29. The van der Waals surface area contributed by atoms with Gasteiger partial charge < -0.3 is 13.9 Å². The number of hydrogen-bond donors (Lipinski definition) is 0. The van der Waals surface area contributed by atoms with E-state index in [1.165, 1.54) is 50.4 Å². The lowest BCUT2D eigenvalue weighted by molar-refractivity contribution is -0.155. The van der Waals surface area contributed by atoms with Crippen molar-refractivity contribution in [2.45, 2.75) is 19.2 Å². The lowest BCUT2D eigenvalue weighted by Crippen LogP contribution is -2.30. The minimum absolute atomic E-state index is 0.0153. The smallest absolute Gasteiger partial charge is 0.373 e. The molecule has 3 rings (SSSR count). The number of nitrogens with zero attached hydrogens (tertiary/aromatic N) is 2. The second kappa shape index (κ2) is 9.13. The molecule has 3 aromatic rings. The fourth-order valence-corrected chi connectivity index (χ4v) is 2.79. The lowest BCUT2D eigenvalue weighted by atomic mass is 10.0. The number of carbonyl (C=O) groups excluding carboxylic acids is 2. The van der Waals surface area contributed by atoms with Crippen LogP contribution in [0.2, 0.25) is 0 Å². The van der Waals surface area contributed by atoms with E-state index in [1.807, 2.05) is 30.3 Å². The Morgan fingerprint density at radius 3 is 2.37 bits per heavy atom. The molecular weight excluding hydrogens is 391 g/mol.